The van der Waals surface area contributed by atoms with E-state index in [-0.39, 0.29) is 0 Å². The molecule has 1 aromatic carbocycles. The molecule has 3 nitrogen and oxygen atoms in total. The molecule has 0 aliphatic rings. The van der Waals surface area contributed by atoms with E-state index in [9.17, 15) is 10.4 Å². The number of nitriles is 1. The lowest BCUT2D eigenvalue weighted by atomic mass is 9.79. The number of aromatic nitrogens is 1. The highest BCUT2D eigenvalue weighted by Gasteiger charge is 2.33. The Bertz CT molecular complexity index is 650. The number of fused-ring (bicyclic) bond motifs is 1. The highest BCUT2D eigenvalue weighted by Crippen LogP contribution is 2.39. The fraction of sp³-hybridized carbons (Fsp3) is 0.333. The van der Waals surface area contributed by atoms with E-state index in [1.807, 2.05) is 31.2 Å². The third-order valence-electron chi connectivity index (χ3n) is 3.64. The third-order valence-corrected chi connectivity index (χ3v) is 4.33. The van der Waals surface area contributed by atoms with Crippen LogP contribution in [0.25, 0.3) is 10.9 Å². The summed E-state index contributed by atoms with van der Waals surface area (Å²) in [5.74, 6) is 0. The van der Waals surface area contributed by atoms with Crippen molar-refractivity contribution >= 4 is 26.8 Å². The largest absolute Gasteiger partial charge is 0.387 e. The molecule has 0 aliphatic heterocycles. The molecule has 0 aliphatic carbocycles. The number of pyridine rings is 1. The molecule has 2 aromatic rings. The maximum Gasteiger partial charge on any atom is 0.0994 e. The molecule has 0 amide bonds. The van der Waals surface area contributed by atoms with Gasteiger partial charge in [0.25, 0.3) is 0 Å². The minimum Gasteiger partial charge on any atom is -0.387 e. The van der Waals surface area contributed by atoms with Crippen molar-refractivity contribution in [3.05, 3.63) is 40.5 Å². The van der Waals surface area contributed by atoms with E-state index in [0.717, 1.165) is 15.4 Å². The minimum atomic E-state index is -0.854. The van der Waals surface area contributed by atoms with Crippen molar-refractivity contribution in [3.63, 3.8) is 0 Å². The van der Waals surface area contributed by atoms with Crippen molar-refractivity contribution in [2.75, 3.05) is 0 Å². The summed E-state index contributed by atoms with van der Waals surface area (Å²) in [4.78, 5) is 4.35. The van der Waals surface area contributed by atoms with E-state index in [4.69, 9.17) is 0 Å². The van der Waals surface area contributed by atoms with E-state index in [1.54, 1.807) is 13.1 Å². The van der Waals surface area contributed by atoms with Gasteiger partial charge in [0.15, 0.2) is 0 Å². The summed E-state index contributed by atoms with van der Waals surface area (Å²) in [7, 11) is 0. The van der Waals surface area contributed by atoms with Gasteiger partial charge in [0, 0.05) is 21.6 Å². The summed E-state index contributed by atoms with van der Waals surface area (Å²) in [6.07, 6.45) is 1.42. The first-order valence-corrected chi connectivity index (χ1v) is 6.95. The molecular weight excluding hydrogens is 304 g/mol. The number of halogens is 1. The van der Waals surface area contributed by atoms with Crippen molar-refractivity contribution in [1.82, 2.24) is 4.98 Å². The molecule has 1 N–H and O–H groups in total. The van der Waals surface area contributed by atoms with Crippen LogP contribution in [0, 0.1) is 16.7 Å². The Morgan fingerprint density at radius 1 is 1.47 bits per heavy atom. The van der Waals surface area contributed by atoms with Gasteiger partial charge in [0.05, 0.1) is 23.1 Å². The smallest absolute Gasteiger partial charge is 0.0994 e. The summed E-state index contributed by atoms with van der Waals surface area (Å²) in [5.41, 5.74) is 0.627. The minimum absolute atomic E-state index is 0.578. The number of aliphatic hydroxyl groups is 1. The molecule has 0 saturated heterocycles. The average Bonchev–Trinajstić information content (AvgIpc) is 2.46. The SMILES string of the molecule is CCC(C)(C#N)C(O)c1ccc(Br)c2cccnc12. The topological polar surface area (TPSA) is 56.9 Å². The maximum absolute atomic E-state index is 10.6. The zero-order valence-corrected chi connectivity index (χ0v) is 12.5. The highest BCUT2D eigenvalue weighted by atomic mass is 79.9. The van der Waals surface area contributed by atoms with E-state index in [1.165, 1.54) is 0 Å². The number of rotatable bonds is 3. The van der Waals surface area contributed by atoms with E-state index in [2.05, 4.69) is 27.0 Å². The molecule has 0 bridgehead atoms. The van der Waals surface area contributed by atoms with Crippen LogP contribution in [0.5, 0.6) is 0 Å². The number of nitrogens with zero attached hydrogens (tertiary/aromatic N) is 2. The van der Waals surface area contributed by atoms with Gasteiger partial charge < -0.3 is 5.11 Å². The van der Waals surface area contributed by atoms with Crippen LogP contribution in [-0.4, -0.2) is 10.1 Å². The van der Waals surface area contributed by atoms with Gasteiger partial charge in [0.1, 0.15) is 0 Å². The Kier molecular flexibility index (Phi) is 3.88. The molecule has 2 atom stereocenters. The lowest BCUT2D eigenvalue weighted by molar-refractivity contribution is 0.0733. The zero-order valence-electron chi connectivity index (χ0n) is 10.9. The van der Waals surface area contributed by atoms with Crippen molar-refractivity contribution < 1.29 is 5.11 Å². The second kappa shape index (κ2) is 5.28. The van der Waals surface area contributed by atoms with Gasteiger partial charge in [-0.25, -0.2) is 0 Å². The number of hydrogen-bond acceptors (Lipinski definition) is 3. The second-order valence-electron chi connectivity index (χ2n) is 4.82. The van der Waals surface area contributed by atoms with Crippen molar-refractivity contribution in [2.45, 2.75) is 26.4 Å². The average molecular weight is 319 g/mol. The Balaban J connectivity index is 2.65. The molecule has 2 rings (SSSR count). The molecule has 98 valence electrons. The lowest BCUT2D eigenvalue weighted by Gasteiger charge is -2.27. The molecule has 4 heteroatoms. The van der Waals surface area contributed by atoms with Crippen molar-refractivity contribution in [2.24, 2.45) is 5.41 Å². The maximum atomic E-state index is 10.6. The van der Waals surface area contributed by atoms with Crippen LogP contribution in [0.2, 0.25) is 0 Å². The summed E-state index contributed by atoms with van der Waals surface area (Å²) in [6.45, 7) is 3.68. The lowest BCUT2D eigenvalue weighted by Crippen LogP contribution is -2.23. The Morgan fingerprint density at radius 2 is 2.21 bits per heavy atom. The van der Waals surface area contributed by atoms with Crippen LogP contribution in [0.15, 0.2) is 34.9 Å². The first-order chi connectivity index (χ1) is 9.03. The first kappa shape index (κ1) is 14.0. The van der Waals surface area contributed by atoms with Gasteiger partial charge >= 0.3 is 0 Å². The standard InChI is InChI=1S/C15H15BrN2O/c1-3-15(2,9-17)14(19)11-6-7-12(16)10-5-4-8-18-13(10)11/h4-8,14,19H,3H2,1-2H3. The Hall–Kier alpha value is -1.44. The molecule has 0 fully saturated rings. The van der Waals surface area contributed by atoms with Gasteiger partial charge in [-0.15, -0.1) is 0 Å². The molecule has 1 aromatic heterocycles. The molecule has 0 saturated carbocycles. The Morgan fingerprint density at radius 3 is 2.84 bits per heavy atom. The summed E-state index contributed by atoms with van der Waals surface area (Å²) in [6, 6.07) is 9.73. The number of aliphatic hydroxyl groups excluding tert-OH is 1. The molecule has 19 heavy (non-hydrogen) atoms. The zero-order chi connectivity index (χ0) is 14.0. The van der Waals surface area contributed by atoms with Crippen LogP contribution >= 0.6 is 15.9 Å². The quantitative estimate of drug-likeness (QED) is 0.931. The molecule has 0 radical (unpaired) electrons. The first-order valence-electron chi connectivity index (χ1n) is 6.16. The number of hydrogen-bond donors (Lipinski definition) is 1. The van der Waals surface area contributed by atoms with Crippen LogP contribution in [0.4, 0.5) is 0 Å². The third kappa shape index (κ3) is 2.36. The molecule has 0 spiro atoms. The Labute approximate surface area is 121 Å². The molecule has 2 unspecified atom stereocenters. The van der Waals surface area contributed by atoms with Crippen LogP contribution in [0.1, 0.15) is 31.9 Å². The van der Waals surface area contributed by atoms with Crippen molar-refractivity contribution in [3.8, 4) is 6.07 Å². The van der Waals surface area contributed by atoms with Gasteiger partial charge in [-0.05, 0) is 25.5 Å². The van der Waals surface area contributed by atoms with Crippen LogP contribution in [-0.2, 0) is 0 Å². The van der Waals surface area contributed by atoms with E-state index >= 15 is 0 Å². The van der Waals surface area contributed by atoms with Gasteiger partial charge in [0.2, 0.25) is 0 Å². The monoisotopic (exact) mass is 318 g/mol. The van der Waals surface area contributed by atoms with Gasteiger partial charge in [-0.2, -0.15) is 5.26 Å². The van der Waals surface area contributed by atoms with E-state index < -0.39 is 11.5 Å². The summed E-state index contributed by atoms with van der Waals surface area (Å²) in [5, 5.41) is 20.8. The fourth-order valence-corrected chi connectivity index (χ4v) is 2.51. The number of benzene rings is 1. The summed E-state index contributed by atoms with van der Waals surface area (Å²) >= 11 is 3.48. The van der Waals surface area contributed by atoms with Crippen LogP contribution < -0.4 is 0 Å². The fourth-order valence-electron chi connectivity index (χ4n) is 2.06. The normalized spacial score (nSPS) is 15.7. The van der Waals surface area contributed by atoms with Crippen LogP contribution in [0.3, 0.4) is 0 Å². The predicted molar refractivity (Wildman–Crippen MR) is 78.4 cm³/mol. The highest BCUT2D eigenvalue weighted by molar-refractivity contribution is 9.10. The summed E-state index contributed by atoms with van der Waals surface area (Å²) < 4.78 is 0.932. The predicted octanol–water partition coefficient (Wildman–Crippen LogP) is 3.97. The van der Waals surface area contributed by atoms with Crippen molar-refractivity contribution in [1.29, 1.82) is 5.26 Å². The molecule has 1 heterocycles. The van der Waals surface area contributed by atoms with Gasteiger partial charge in [-0.3, -0.25) is 4.98 Å². The van der Waals surface area contributed by atoms with E-state index in [0.29, 0.717) is 12.0 Å². The molecular formula is C15H15BrN2O. The van der Waals surface area contributed by atoms with Gasteiger partial charge in [-0.1, -0.05) is 35.0 Å². The second-order valence-corrected chi connectivity index (χ2v) is 5.68.